The van der Waals surface area contributed by atoms with E-state index in [0.717, 1.165) is 31.7 Å². The highest BCUT2D eigenvalue weighted by molar-refractivity contribution is 7.12. The van der Waals surface area contributed by atoms with E-state index in [-0.39, 0.29) is 17.9 Å². The third-order valence-corrected chi connectivity index (χ3v) is 6.23. The van der Waals surface area contributed by atoms with E-state index in [1.54, 1.807) is 36.6 Å². The molecule has 30 heavy (non-hydrogen) atoms. The van der Waals surface area contributed by atoms with Gasteiger partial charge in [-0.15, -0.1) is 11.3 Å². The average Bonchev–Trinajstić information content (AvgIpc) is 3.51. The Hall–Kier alpha value is -2.61. The summed E-state index contributed by atoms with van der Waals surface area (Å²) in [6.45, 7) is 2.36. The molecule has 1 aliphatic rings. The van der Waals surface area contributed by atoms with Gasteiger partial charge < -0.3 is 15.1 Å². The number of amides is 2. The molecular weight excluding hydrogens is 422 g/mol. The minimum atomic E-state index is -0.274. The maximum atomic E-state index is 13.0. The molecular formula is C22H22ClN3O3S. The number of hydrogen-bond donors (Lipinski definition) is 2. The van der Waals surface area contributed by atoms with Crippen molar-refractivity contribution in [3.05, 3.63) is 75.3 Å². The van der Waals surface area contributed by atoms with Crippen molar-refractivity contribution >= 4 is 40.4 Å². The summed E-state index contributed by atoms with van der Waals surface area (Å²) < 4.78 is 5.61. The quantitative estimate of drug-likeness (QED) is 0.549. The second-order valence-electron chi connectivity index (χ2n) is 7.11. The van der Waals surface area contributed by atoms with Crippen molar-refractivity contribution in [3.8, 4) is 0 Å². The van der Waals surface area contributed by atoms with E-state index >= 15 is 0 Å². The van der Waals surface area contributed by atoms with Gasteiger partial charge in [0.2, 0.25) is 0 Å². The zero-order valence-electron chi connectivity index (χ0n) is 16.3. The van der Waals surface area contributed by atoms with Gasteiger partial charge in [-0.25, -0.2) is 0 Å². The SMILES string of the molecule is O=C(Nc1cc(Cl)ccc1C(=O)NC[C@@H](c1ccco1)N1CCCC1)c1cccs1. The van der Waals surface area contributed by atoms with Crippen molar-refractivity contribution in [3.63, 3.8) is 0 Å². The third kappa shape index (κ3) is 4.75. The Morgan fingerprint density at radius 2 is 1.97 bits per heavy atom. The molecule has 1 aliphatic heterocycles. The van der Waals surface area contributed by atoms with Crippen LogP contribution in [0.1, 0.15) is 44.7 Å². The number of nitrogens with one attached hydrogen (secondary N) is 2. The highest BCUT2D eigenvalue weighted by Gasteiger charge is 2.26. The van der Waals surface area contributed by atoms with Crippen LogP contribution in [-0.4, -0.2) is 36.3 Å². The van der Waals surface area contributed by atoms with Crippen LogP contribution in [0.3, 0.4) is 0 Å². The molecule has 1 saturated heterocycles. The van der Waals surface area contributed by atoms with Gasteiger partial charge in [-0.3, -0.25) is 14.5 Å². The van der Waals surface area contributed by atoms with E-state index in [1.165, 1.54) is 11.3 Å². The van der Waals surface area contributed by atoms with E-state index in [1.807, 2.05) is 17.5 Å². The number of furan rings is 1. The number of halogens is 1. The molecule has 0 saturated carbocycles. The maximum Gasteiger partial charge on any atom is 0.265 e. The lowest BCUT2D eigenvalue weighted by molar-refractivity contribution is 0.0934. The Morgan fingerprint density at radius 1 is 1.13 bits per heavy atom. The Bertz CT molecular complexity index is 999. The van der Waals surface area contributed by atoms with Gasteiger partial charge in [0.15, 0.2) is 0 Å². The van der Waals surface area contributed by atoms with Gasteiger partial charge in [-0.05, 0) is 67.7 Å². The van der Waals surface area contributed by atoms with E-state index in [0.29, 0.717) is 27.7 Å². The number of rotatable bonds is 7. The van der Waals surface area contributed by atoms with E-state index < -0.39 is 0 Å². The van der Waals surface area contributed by atoms with Gasteiger partial charge in [0.1, 0.15) is 5.76 Å². The summed E-state index contributed by atoms with van der Waals surface area (Å²) in [4.78, 5) is 28.3. The van der Waals surface area contributed by atoms with Crippen LogP contribution in [0.15, 0.2) is 58.5 Å². The number of thiophene rings is 1. The van der Waals surface area contributed by atoms with Crippen LogP contribution in [0.5, 0.6) is 0 Å². The zero-order chi connectivity index (χ0) is 20.9. The number of hydrogen-bond acceptors (Lipinski definition) is 5. The van der Waals surface area contributed by atoms with Crippen molar-refractivity contribution in [2.24, 2.45) is 0 Å². The summed E-state index contributed by atoms with van der Waals surface area (Å²) in [5.41, 5.74) is 0.748. The normalized spacial score (nSPS) is 15.1. The lowest BCUT2D eigenvalue weighted by Gasteiger charge is -2.26. The van der Waals surface area contributed by atoms with Crippen LogP contribution in [-0.2, 0) is 0 Å². The van der Waals surface area contributed by atoms with Crippen LogP contribution in [0, 0.1) is 0 Å². The van der Waals surface area contributed by atoms with Crippen LogP contribution < -0.4 is 10.6 Å². The number of nitrogens with zero attached hydrogens (tertiary/aromatic N) is 1. The van der Waals surface area contributed by atoms with Gasteiger partial charge >= 0.3 is 0 Å². The standard InChI is InChI=1S/C22H22ClN3O3S/c23-15-7-8-16(17(13-15)25-22(28)20-6-4-12-30-20)21(27)24-14-18(19-5-3-11-29-19)26-9-1-2-10-26/h3-8,11-13,18H,1-2,9-10,14H2,(H,24,27)(H,25,28)/t18-/m0/s1. The third-order valence-electron chi connectivity index (χ3n) is 5.13. The summed E-state index contributed by atoms with van der Waals surface area (Å²) in [6.07, 6.45) is 3.93. The molecule has 156 valence electrons. The molecule has 2 N–H and O–H groups in total. The highest BCUT2D eigenvalue weighted by atomic mass is 35.5. The zero-order valence-corrected chi connectivity index (χ0v) is 17.8. The Labute approximate surface area is 183 Å². The number of likely N-dealkylation sites (tertiary alicyclic amines) is 1. The molecule has 0 radical (unpaired) electrons. The number of anilines is 1. The number of carbonyl (C=O) groups is 2. The maximum absolute atomic E-state index is 13.0. The molecule has 0 bridgehead atoms. The first kappa shape index (κ1) is 20.7. The molecule has 0 aliphatic carbocycles. The summed E-state index contributed by atoms with van der Waals surface area (Å²) in [7, 11) is 0. The predicted octanol–water partition coefficient (Wildman–Crippen LogP) is 4.81. The van der Waals surface area contributed by atoms with Crippen molar-refractivity contribution in [1.29, 1.82) is 0 Å². The fourth-order valence-electron chi connectivity index (χ4n) is 3.64. The first-order chi connectivity index (χ1) is 14.6. The van der Waals surface area contributed by atoms with E-state index in [9.17, 15) is 9.59 Å². The molecule has 1 fully saturated rings. The average molecular weight is 444 g/mol. The largest absolute Gasteiger partial charge is 0.468 e. The van der Waals surface area contributed by atoms with E-state index in [2.05, 4.69) is 15.5 Å². The van der Waals surface area contributed by atoms with Gasteiger partial charge in [0.25, 0.3) is 11.8 Å². The van der Waals surface area contributed by atoms with Crippen molar-refractivity contribution in [2.45, 2.75) is 18.9 Å². The number of benzene rings is 1. The summed E-state index contributed by atoms with van der Waals surface area (Å²) in [5.74, 6) is 0.287. The van der Waals surface area contributed by atoms with Crippen molar-refractivity contribution in [2.75, 3.05) is 25.0 Å². The fourth-order valence-corrected chi connectivity index (χ4v) is 4.43. The lowest BCUT2D eigenvalue weighted by atomic mass is 10.1. The Kier molecular flexibility index (Phi) is 6.52. The fraction of sp³-hybridized carbons (Fsp3) is 0.273. The smallest absolute Gasteiger partial charge is 0.265 e. The first-order valence-electron chi connectivity index (χ1n) is 9.82. The molecule has 1 aromatic carbocycles. The molecule has 0 unspecified atom stereocenters. The lowest BCUT2D eigenvalue weighted by Crippen LogP contribution is -2.37. The molecule has 1 atom stereocenters. The van der Waals surface area contributed by atoms with Gasteiger partial charge in [0.05, 0.1) is 28.4 Å². The van der Waals surface area contributed by atoms with Crippen LogP contribution in [0.4, 0.5) is 5.69 Å². The molecule has 0 spiro atoms. The molecule has 2 amide bonds. The minimum absolute atomic E-state index is 0.0251. The van der Waals surface area contributed by atoms with Crippen LogP contribution in [0.2, 0.25) is 5.02 Å². The minimum Gasteiger partial charge on any atom is -0.468 e. The summed E-state index contributed by atoms with van der Waals surface area (Å²) in [5, 5.41) is 8.07. The highest BCUT2D eigenvalue weighted by Crippen LogP contribution is 2.26. The summed E-state index contributed by atoms with van der Waals surface area (Å²) >= 11 is 7.45. The molecule has 2 aromatic heterocycles. The summed E-state index contributed by atoms with van der Waals surface area (Å²) in [6, 6.07) is 12.2. The molecule has 8 heteroatoms. The van der Waals surface area contributed by atoms with Gasteiger partial charge in [-0.2, -0.15) is 0 Å². The van der Waals surface area contributed by atoms with Crippen LogP contribution in [0.25, 0.3) is 0 Å². The van der Waals surface area contributed by atoms with E-state index in [4.69, 9.17) is 16.0 Å². The first-order valence-corrected chi connectivity index (χ1v) is 11.1. The predicted molar refractivity (Wildman–Crippen MR) is 118 cm³/mol. The molecule has 4 rings (SSSR count). The molecule has 3 aromatic rings. The van der Waals surface area contributed by atoms with Crippen molar-refractivity contribution < 1.29 is 14.0 Å². The second-order valence-corrected chi connectivity index (χ2v) is 8.49. The number of carbonyl (C=O) groups excluding carboxylic acids is 2. The van der Waals surface area contributed by atoms with Gasteiger partial charge in [-0.1, -0.05) is 17.7 Å². The Balaban J connectivity index is 1.49. The van der Waals surface area contributed by atoms with Gasteiger partial charge in [0, 0.05) is 11.6 Å². The topological polar surface area (TPSA) is 74.6 Å². The molecule has 6 nitrogen and oxygen atoms in total. The molecule has 3 heterocycles. The monoisotopic (exact) mass is 443 g/mol. The van der Waals surface area contributed by atoms with Crippen molar-refractivity contribution in [1.82, 2.24) is 10.2 Å². The second kappa shape index (κ2) is 9.47. The van der Waals surface area contributed by atoms with Crippen LogP contribution >= 0.6 is 22.9 Å². The Morgan fingerprint density at radius 3 is 2.67 bits per heavy atom.